The molecule has 6 nitrogen and oxygen atoms in total. The minimum Gasteiger partial charge on any atom is -0.378 e. The zero-order chi connectivity index (χ0) is 13.0. The summed E-state index contributed by atoms with van der Waals surface area (Å²) in [4.78, 5) is 6.34. The third kappa shape index (κ3) is 2.70. The number of nitrogens with zero attached hydrogens (tertiary/aromatic N) is 5. The summed E-state index contributed by atoms with van der Waals surface area (Å²) in [5.74, 6) is 2.16. The number of hydrogen-bond acceptors (Lipinski definition) is 5. The topological polar surface area (TPSA) is 55.5 Å². The molecule has 0 aliphatic carbocycles. The van der Waals surface area contributed by atoms with Crippen molar-refractivity contribution in [1.82, 2.24) is 19.6 Å². The quantitative estimate of drug-likeness (QED) is 0.581. The Morgan fingerprint density at radius 2 is 2.22 bits per heavy atom. The molecule has 0 aliphatic rings. The highest BCUT2D eigenvalue weighted by Crippen LogP contribution is 2.15. The van der Waals surface area contributed by atoms with Crippen LogP contribution in [0.15, 0.2) is 12.4 Å². The van der Waals surface area contributed by atoms with Crippen LogP contribution in [0.5, 0.6) is 0 Å². The van der Waals surface area contributed by atoms with E-state index in [1.54, 1.807) is 6.20 Å². The van der Waals surface area contributed by atoms with Crippen LogP contribution in [0.25, 0.3) is 5.65 Å². The van der Waals surface area contributed by atoms with Gasteiger partial charge in [-0.1, -0.05) is 0 Å². The average Bonchev–Trinajstić information content (AvgIpc) is 2.76. The molecule has 2 aromatic heterocycles. The molecular formula is C11H16ClN5O. The number of aryl methyl sites for hydroxylation is 1. The predicted molar refractivity (Wildman–Crippen MR) is 70.3 cm³/mol. The van der Waals surface area contributed by atoms with Crippen LogP contribution < -0.4 is 4.90 Å². The normalized spacial score (nSPS) is 11.1. The molecule has 0 saturated heterocycles. The van der Waals surface area contributed by atoms with E-state index in [-0.39, 0.29) is 0 Å². The molecule has 0 aliphatic heterocycles. The number of rotatable bonds is 6. The molecule has 2 aromatic rings. The lowest BCUT2D eigenvalue weighted by atomic mass is 10.5. The molecule has 0 spiro atoms. The monoisotopic (exact) mass is 269 g/mol. The molecule has 0 radical (unpaired) electrons. The van der Waals surface area contributed by atoms with Crippen molar-refractivity contribution in [3.63, 3.8) is 0 Å². The van der Waals surface area contributed by atoms with E-state index >= 15 is 0 Å². The van der Waals surface area contributed by atoms with E-state index < -0.39 is 0 Å². The average molecular weight is 270 g/mol. The van der Waals surface area contributed by atoms with Crippen LogP contribution in [0.2, 0.25) is 0 Å². The molecule has 0 aromatic carbocycles. The number of halogens is 1. The predicted octanol–water partition coefficient (Wildman–Crippen LogP) is 1.12. The molecule has 0 N–H and O–H groups in total. The van der Waals surface area contributed by atoms with Crippen LogP contribution in [-0.4, -0.2) is 52.3 Å². The first-order valence-corrected chi connectivity index (χ1v) is 6.28. The van der Waals surface area contributed by atoms with Gasteiger partial charge in [0.05, 0.1) is 13.2 Å². The third-order valence-corrected chi connectivity index (χ3v) is 2.79. The molecule has 7 heteroatoms. The van der Waals surface area contributed by atoms with Gasteiger partial charge in [0.1, 0.15) is 5.82 Å². The summed E-state index contributed by atoms with van der Waals surface area (Å²) in [6.45, 7) is 3.82. The van der Waals surface area contributed by atoms with Crippen LogP contribution in [-0.2, 0) is 4.74 Å². The van der Waals surface area contributed by atoms with Crippen LogP contribution in [0, 0.1) is 6.92 Å². The SMILES string of the molecule is Cc1nnc2c(N(C)CCOCCCl)nccn12. The van der Waals surface area contributed by atoms with Crippen LogP contribution in [0.3, 0.4) is 0 Å². The Labute approximate surface area is 111 Å². The fourth-order valence-corrected chi connectivity index (χ4v) is 1.77. The number of fused-ring (bicyclic) bond motifs is 1. The van der Waals surface area contributed by atoms with Gasteiger partial charge in [-0.15, -0.1) is 21.8 Å². The highest BCUT2D eigenvalue weighted by Gasteiger charge is 2.11. The van der Waals surface area contributed by atoms with Crippen molar-refractivity contribution >= 4 is 23.1 Å². The lowest BCUT2D eigenvalue weighted by Gasteiger charge is -2.17. The van der Waals surface area contributed by atoms with Gasteiger partial charge in [-0.25, -0.2) is 4.98 Å². The van der Waals surface area contributed by atoms with Crippen molar-refractivity contribution in [3.05, 3.63) is 18.2 Å². The number of likely N-dealkylation sites (N-methyl/N-ethyl adjacent to an activating group) is 1. The number of hydrogen-bond donors (Lipinski definition) is 0. The van der Waals surface area contributed by atoms with E-state index in [1.807, 2.05) is 29.5 Å². The number of anilines is 1. The summed E-state index contributed by atoms with van der Waals surface area (Å²) in [7, 11) is 1.95. The van der Waals surface area contributed by atoms with Crippen molar-refractivity contribution in [2.45, 2.75) is 6.92 Å². The molecule has 18 heavy (non-hydrogen) atoms. The van der Waals surface area contributed by atoms with Crippen LogP contribution >= 0.6 is 11.6 Å². The molecule has 0 saturated carbocycles. The van der Waals surface area contributed by atoms with Crippen LogP contribution in [0.4, 0.5) is 5.82 Å². The zero-order valence-corrected chi connectivity index (χ0v) is 11.3. The lowest BCUT2D eigenvalue weighted by molar-refractivity contribution is 0.156. The highest BCUT2D eigenvalue weighted by molar-refractivity contribution is 6.17. The minimum absolute atomic E-state index is 0.515. The van der Waals surface area contributed by atoms with Crippen molar-refractivity contribution in [2.75, 3.05) is 37.6 Å². The summed E-state index contributed by atoms with van der Waals surface area (Å²) < 4.78 is 7.26. The molecule has 0 atom stereocenters. The largest absolute Gasteiger partial charge is 0.378 e. The summed E-state index contributed by atoms with van der Waals surface area (Å²) in [6.07, 6.45) is 3.60. The second-order valence-corrected chi connectivity index (χ2v) is 4.29. The second-order valence-electron chi connectivity index (χ2n) is 3.91. The maximum Gasteiger partial charge on any atom is 0.203 e. The van der Waals surface area contributed by atoms with Gasteiger partial charge in [-0.3, -0.25) is 4.40 Å². The lowest BCUT2D eigenvalue weighted by Crippen LogP contribution is -2.24. The van der Waals surface area contributed by atoms with E-state index in [4.69, 9.17) is 16.3 Å². The van der Waals surface area contributed by atoms with Gasteiger partial charge in [0, 0.05) is 31.9 Å². The van der Waals surface area contributed by atoms with E-state index in [1.165, 1.54) is 0 Å². The third-order valence-electron chi connectivity index (χ3n) is 2.63. The smallest absolute Gasteiger partial charge is 0.203 e. The Bertz CT molecular complexity index is 515. The molecule has 98 valence electrons. The Kier molecular flexibility index (Phi) is 4.33. The van der Waals surface area contributed by atoms with Crippen molar-refractivity contribution in [1.29, 1.82) is 0 Å². The molecule has 0 amide bonds. The zero-order valence-electron chi connectivity index (χ0n) is 10.5. The maximum atomic E-state index is 5.54. The molecule has 0 fully saturated rings. The van der Waals surface area contributed by atoms with Gasteiger partial charge in [0.25, 0.3) is 0 Å². The van der Waals surface area contributed by atoms with Gasteiger partial charge in [0.2, 0.25) is 5.65 Å². The standard InChI is InChI=1S/C11H16ClN5O/c1-9-14-15-11-10(13-4-5-17(9)11)16(2)6-8-18-7-3-12/h4-5H,3,6-8H2,1-2H3. The summed E-state index contributed by atoms with van der Waals surface area (Å²) in [6, 6.07) is 0. The Morgan fingerprint density at radius 1 is 1.39 bits per heavy atom. The summed E-state index contributed by atoms with van der Waals surface area (Å²) in [5, 5.41) is 8.18. The molecule has 0 bridgehead atoms. The second kappa shape index (κ2) is 5.97. The minimum atomic E-state index is 0.515. The van der Waals surface area contributed by atoms with Gasteiger partial charge >= 0.3 is 0 Å². The molecule has 0 unspecified atom stereocenters. The highest BCUT2D eigenvalue weighted by atomic mass is 35.5. The fourth-order valence-electron chi connectivity index (χ4n) is 1.66. The first-order valence-electron chi connectivity index (χ1n) is 5.75. The number of alkyl halides is 1. The van der Waals surface area contributed by atoms with Gasteiger partial charge < -0.3 is 9.64 Å². The summed E-state index contributed by atoms with van der Waals surface area (Å²) in [5.41, 5.74) is 0.759. The summed E-state index contributed by atoms with van der Waals surface area (Å²) >= 11 is 5.54. The Morgan fingerprint density at radius 3 is 3.00 bits per heavy atom. The van der Waals surface area contributed by atoms with E-state index in [0.717, 1.165) is 23.8 Å². The van der Waals surface area contributed by atoms with Crippen molar-refractivity contribution < 1.29 is 4.74 Å². The Hall–Kier alpha value is -1.40. The van der Waals surface area contributed by atoms with Crippen molar-refractivity contribution in [2.24, 2.45) is 0 Å². The molecule has 2 heterocycles. The Balaban J connectivity index is 2.10. The fraction of sp³-hybridized carbons (Fsp3) is 0.545. The maximum absolute atomic E-state index is 5.54. The number of ether oxygens (including phenoxy) is 1. The van der Waals surface area contributed by atoms with Crippen molar-refractivity contribution in [3.8, 4) is 0 Å². The van der Waals surface area contributed by atoms with Crippen LogP contribution in [0.1, 0.15) is 5.82 Å². The van der Waals surface area contributed by atoms with E-state index in [0.29, 0.717) is 19.1 Å². The van der Waals surface area contributed by atoms with Gasteiger partial charge in [0.15, 0.2) is 5.82 Å². The number of aromatic nitrogens is 4. The van der Waals surface area contributed by atoms with Gasteiger partial charge in [-0.05, 0) is 6.92 Å². The van der Waals surface area contributed by atoms with Gasteiger partial charge in [-0.2, -0.15) is 0 Å². The first-order chi connectivity index (χ1) is 8.74. The first kappa shape index (κ1) is 13.0. The van der Waals surface area contributed by atoms with E-state index in [2.05, 4.69) is 15.2 Å². The van der Waals surface area contributed by atoms with E-state index in [9.17, 15) is 0 Å². The molecule has 2 rings (SSSR count). The molecular weight excluding hydrogens is 254 g/mol.